The molecule has 0 spiro atoms. The van der Waals surface area contributed by atoms with Crippen molar-refractivity contribution in [2.24, 2.45) is 0 Å². The van der Waals surface area contributed by atoms with Gasteiger partial charge in [0.1, 0.15) is 5.82 Å². The van der Waals surface area contributed by atoms with Gasteiger partial charge in [-0.15, -0.1) is 0 Å². The fourth-order valence-corrected chi connectivity index (χ4v) is 2.71. The third kappa shape index (κ3) is 2.89. The second-order valence-corrected chi connectivity index (χ2v) is 6.01. The molecule has 1 aliphatic carbocycles. The van der Waals surface area contributed by atoms with Gasteiger partial charge in [0.2, 0.25) is 0 Å². The molecule has 0 heterocycles. The summed E-state index contributed by atoms with van der Waals surface area (Å²) in [6.07, 6.45) is 1.64. The van der Waals surface area contributed by atoms with E-state index in [0.717, 1.165) is 18.4 Å². The maximum absolute atomic E-state index is 13.0. The molecule has 5 heteroatoms. The summed E-state index contributed by atoms with van der Waals surface area (Å²) in [6, 6.07) is 11.0. The van der Waals surface area contributed by atoms with Gasteiger partial charge < -0.3 is 5.32 Å². The molecule has 0 aromatic heterocycles. The van der Waals surface area contributed by atoms with Crippen LogP contribution < -0.4 is 5.32 Å². The lowest BCUT2D eigenvalue weighted by Crippen LogP contribution is -2.35. The minimum atomic E-state index is -0.420. The van der Waals surface area contributed by atoms with E-state index in [-0.39, 0.29) is 11.7 Å². The summed E-state index contributed by atoms with van der Waals surface area (Å²) in [4.78, 5) is 12.4. The van der Waals surface area contributed by atoms with Crippen molar-refractivity contribution in [1.82, 2.24) is 5.32 Å². The summed E-state index contributed by atoms with van der Waals surface area (Å²) < 4.78 is 13.0. The Labute approximate surface area is 131 Å². The Morgan fingerprint density at radius 3 is 2.38 bits per heavy atom. The summed E-state index contributed by atoms with van der Waals surface area (Å²) in [6.45, 7) is 0. The van der Waals surface area contributed by atoms with E-state index in [1.54, 1.807) is 30.3 Å². The van der Waals surface area contributed by atoms with Crippen LogP contribution in [-0.2, 0) is 5.54 Å². The van der Waals surface area contributed by atoms with Gasteiger partial charge in [0.05, 0.1) is 16.1 Å². The fraction of sp³-hybridized carbons (Fsp3) is 0.188. The average Bonchev–Trinajstić information content (AvgIpc) is 3.23. The lowest BCUT2D eigenvalue weighted by Gasteiger charge is -2.18. The van der Waals surface area contributed by atoms with Crippen molar-refractivity contribution in [1.29, 1.82) is 0 Å². The molecule has 0 atom stereocenters. The maximum Gasteiger partial charge on any atom is 0.253 e. The van der Waals surface area contributed by atoms with Gasteiger partial charge in [0.15, 0.2) is 0 Å². The Hall–Kier alpha value is -1.58. The first-order valence-corrected chi connectivity index (χ1v) is 7.29. The van der Waals surface area contributed by atoms with Crippen molar-refractivity contribution >= 4 is 29.1 Å². The van der Waals surface area contributed by atoms with Gasteiger partial charge in [-0.2, -0.15) is 0 Å². The van der Waals surface area contributed by atoms with Crippen molar-refractivity contribution < 1.29 is 9.18 Å². The zero-order chi connectivity index (χ0) is 15.0. The summed E-state index contributed by atoms with van der Waals surface area (Å²) in [7, 11) is 0. The van der Waals surface area contributed by atoms with Crippen LogP contribution in [0.25, 0.3) is 0 Å². The van der Waals surface area contributed by atoms with E-state index < -0.39 is 5.54 Å². The zero-order valence-corrected chi connectivity index (χ0v) is 12.5. The Morgan fingerprint density at radius 1 is 1.10 bits per heavy atom. The summed E-state index contributed by atoms with van der Waals surface area (Å²) in [5.41, 5.74) is 0.823. The number of hydrogen-bond donors (Lipinski definition) is 1. The average molecular weight is 324 g/mol. The van der Waals surface area contributed by atoms with E-state index in [0.29, 0.717) is 15.6 Å². The lowest BCUT2D eigenvalue weighted by molar-refractivity contribution is 0.0931. The highest BCUT2D eigenvalue weighted by Gasteiger charge is 2.45. The SMILES string of the molecule is O=C(NC1(c2ccc(F)cc2)CC1)c1cc(Cl)ccc1Cl. The summed E-state index contributed by atoms with van der Waals surface area (Å²) in [5, 5.41) is 3.79. The first-order valence-electron chi connectivity index (χ1n) is 6.54. The van der Waals surface area contributed by atoms with Crippen LogP contribution in [0.15, 0.2) is 42.5 Å². The lowest BCUT2D eigenvalue weighted by atomic mass is 10.0. The third-order valence-corrected chi connectivity index (χ3v) is 4.24. The van der Waals surface area contributed by atoms with Gasteiger partial charge in [0.25, 0.3) is 5.91 Å². The third-order valence-electron chi connectivity index (χ3n) is 3.67. The molecule has 2 aromatic carbocycles. The Balaban J connectivity index is 1.84. The first kappa shape index (κ1) is 14.4. The van der Waals surface area contributed by atoms with Gasteiger partial charge >= 0.3 is 0 Å². The molecule has 0 unspecified atom stereocenters. The van der Waals surface area contributed by atoms with Crippen LogP contribution in [0.1, 0.15) is 28.8 Å². The molecule has 1 saturated carbocycles. The smallest absolute Gasteiger partial charge is 0.253 e. The molecular formula is C16H12Cl2FNO. The topological polar surface area (TPSA) is 29.1 Å². The number of rotatable bonds is 3. The molecule has 3 rings (SSSR count). The minimum absolute atomic E-state index is 0.274. The number of carbonyl (C=O) groups excluding carboxylic acids is 1. The van der Waals surface area contributed by atoms with Gasteiger partial charge in [-0.25, -0.2) is 4.39 Å². The van der Waals surface area contributed by atoms with Gasteiger partial charge in [-0.3, -0.25) is 4.79 Å². The number of benzene rings is 2. The molecule has 1 N–H and O–H groups in total. The van der Waals surface area contributed by atoms with Crippen LogP contribution >= 0.6 is 23.2 Å². The van der Waals surface area contributed by atoms with Crippen molar-refractivity contribution in [3.8, 4) is 0 Å². The van der Waals surface area contributed by atoms with E-state index >= 15 is 0 Å². The minimum Gasteiger partial charge on any atom is -0.342 e. The highest BCUT2D eigenvalue weighted by molar-refractivity contribution is 6.35. The highest BCUT2D eigenvalue weighted by Crippen LogP contribution is 2.45. The number of carbonyl (C=O) groups is 1. The standard InChI is InChI=1S/C16H12Cl2FNO/c17-11-3-6-14(18)13(9-11)15(21)20-16(7-8-16)10-1-4-12(19)5-2-10/h1-6,9H,7-8H2,(H,20,21). The van der Waals surface area contributed by atoms with Gasteiger partial charge in [0, 0.05) is 5.02 Å². The molecule has 0 bridgehead atoms. The second-order valence-electron chi connectivity index (χ2n) is 5.17. The molecule has 21 heavy (non-hydrogen) atoms. The van der Waals surface area contributed by atoms with Crippen LogP contribution in [-0.4, -0.2) is 5.91 Å². The monoisotopic (exact) mass is 323 g/mol. The quantitative estimate of drug-likeness (QED) is 0.881. The molecule has 1 fully saturated rings. The number of nitrogens with one attached hydrogen (secondary N) is 1. The molecule has 2 nitrogen and oxygen atoms in total. The number of halogens is 3. The largest absolute Gasteiger partial charge is 0.342 e. The van der Waals surface area contributed by atoms with Gasteiger partial charge in [-0.1, -0.05) is 35.3 Å². The Morgan fingerprint density at radius 2 is 1.76 bits per heavy atom. The van der Waals surface area contributed by atoms with Gasteiger partial charge in [-0.05, 0) is 48.7 Å². The first-order chi connectivity index (χ1) is 10.00. The summed E-state index contributed by atoms with van der Waals surface area (Å²) >= 11 is 11.9. The molecule has 0 aliphatic heterocycles. The number of hydrogen-bond acceptors (Lipinski definition) is 1. The van der Waals surface area contributed by atoms with Crippen LogP contribution in [0.4, 0.5) is 4.39 Å². The zero-order valence-electron chi connectivity index (χ0n) is 11.0. The molecule has 108 valence electrons. The normalized spacial score (nSPS) is 15.6. The van der Waals surface area contributed by atoms with Crippen LogP contribution in [0, 0.1) is 5.82 Å². The van der Waals surface area contributed by atoms with Crippen LogP contribution in [0.5, 0.6) is 0 Å². The van der Waals surface area contributed by atoms with E-state index in [1.807, 2.05) is 0 Å². The van der Waals surface area contributed by atoms with Crippen LogP contribution in [0.2, 0.25) is 10.0 Å². The second kappa shape index (κ2) is 5.32. The van der Waals surface area contributed by atoms with E-state index in [2.05, 4.69) is 5.32 Å². The van der Waals surface area contributed by atoms with Crippen molar-refractivity contribution in [3.05, 3.63) is 69.5 Å². The highest BCUT2D eigenvalue weighted by atomic mass is 35.5. The maximum atomic E-state index is 13.0. The Bertz CT molecular complexity index is 696. The molecular weight excluding hydrogens is 312 g/mol. The van der Waals surface area contributed by atoms with Crippen molar-refractivity contribution in [2.75, 3.05) is 0 Å². The van der Waals surface area contributed by atoms with E-state index in [4.69, 9.17) is 23.2 Å². The number of amides is 1. The molecule has 1 amide bonds. The van der Waals surface area contributed by atoms with Crippen LogP contribution in [0.3, 0.4) is 0 Å². The fourth-order valence-electron chi connectivity index (χ4n) is 2.34. The van der Waals surface area contributed by atoms with Crippen molar-refractivity contribution in [3.63, 3.8) is 0 Å². The molecule has 2 aromatic rings. The van der Waals surface area contributed by atoms with Crippen molar-refractivity contribution in [2.45, 2.75) is 18.4 Å². The molecule has 0 saturated heterocycles. The summed E-state index contributed by atoms with van der Waals surface area (Å²) in [5.74, 6) is -0.567. The Kier molecular flexibility index (Phi) is 3.64. The van der Waals surface area contributed by atoms with E-state index in [1.165, 1.54) is 12.1 Å². The molecule has 1 aliphatic rings. The molecule has 0 radical (unpaired) electrons. The predicted molar refractivity (Wildman–Crippen MR) is 81.2 cm³/mol. The predicted octanol–water partition coefficient (Wildman–Crippen LogP) is 4.55. The van der Waals surface area contributed by atoms with E-state index in [9.17, 15) is 9.18 Å².